The summed E-state index contributed by atoms with van der Waals surface area (Å²) in [5.41, 5.74) is 5.11. The van der Waals surface area contributed by atoms with Crippen LogP contribution in [0.1, 0.15) is 11.6 Å². The van der Waals surface area contributed by atoms with E-state index in [4.69, 9.17) is 22.4 Å². The van der Waals surface area contributed by atoms with E-state index in [1.807, 2.05) is 0 Å². The highest BCUT2D eigenvalue weighted by molar-refractivity contribution is 9.10. The zero-order valence-corrected chi connectivity index (χ0v) is 9.14. The Kier molecular flexibility index (Phi) is 3.47. The van der Waals surface area contributed by atoms with Crippen molar-refractivity contribution in [3.8, 4) is 0 Å². The van der Waals surface area contributed by atoms with Crippen LogP contribution in [-0.2, 0) is 4.79 Å². The average molecular weight is 282 g/mol. The van der Waals surface area contributed by atoms with Crippen molar-refractivity contribution in [2.75, 3.05) is 0 Å². The van der Waals surface area contributed by atoms with Crippen LogP contribution in [0, 0.1) is 5.82 Å². The molecule has 0 spiro atoms. The second-order valence-corrected chi connectivity index (χ2v) is 3.87. The second kappa shape index (κ2) is 4.25. The van der Waals surface area contributed by atoms with Gasteiger partial charge in [-0.15, -0.1) is 0 Å². The quantitative estimate of drug-likeness (QED) is 0.818. The summed E-state index contributed by atoms with van der Waals surface area (Å²) >= 11 is 8.68. The third-order valence-electron chi connectivity index (χ3n) is 1.64. The molecule has 0 saturated heterocycles. The van der Waals surface area contributed by atoms with Gasteiger partial charge in [0.2, 0.25) is 0 Å². The molecule has 0 fully saturated rings. The standard InChI is InChI=1S/C8H6BrClFNO2/c9-4-2-6(11)3(1-5(4)10)7(12)8(13)14/h1-2,7H,12H2,(H,13,14). The number of carbonyl (C=O) groups is 1. The van der Waals surface area contributed by atoms with Gasteiger partial charge in [0.05, 0.1) is 5.02 Å². The summed E-state index contributed by atoms with van der Waals surface area (Å²) in [5.74, 6) is -2.00. The number of carboxylic acids is 1. The van der Waals surface area contributed by atoms with Crippen molar-refractivity contribution < 1.29 is 14.3 Å². The van der Waals surface area contributed by atoms with Crippen molar-refractivity contribution in [1.82, 2.24) is 0 Å². The zero-order chi connectivity index (χ0) is 10.9. The molecule has 0 bridgehead atoms. The first-order valence-corrected chi connectivity index (χ1v) is 4.73. The van der Waals surface area contributed by atoms with Crippen LogP contribution in [0.2, 0.25) is 5.02 Å². The van der Waals surface area contributed by atoms with Crippen molar-refractivity contribution in [2.24, 2.45) is 5.73 Å². The van der Waals surface area contributed by atoms with Gasteiger partial charge in [0.15, 0.2) is 0 Å². The number of rotatable bonds is 2. The van der Waals surface area contributed by atoms with Gasteiger partial charge in [0.1, 0.15) is 11.9 Å². The topological polar surface area (TPSA) is 63.3 Å². The average Bonchev–Trinajstić information content (AvgIpc) is 2.10. The number of nitrogens with two attached hydrogens (primary N) is 1. The van der Waals surface area contributed by atoms with Crippen molar-refractivity contribution in [3.05, 3.63) is 33.0 Å². The molecule has 0 aliphatic heterocycles. The Morgan fingerprint density at radius 3 is 2.71 bits per heavy atom. The van der Waals surface area contributed by atoms with E-state index in [2.05, 4.69) is 15.9 Å². The summed E-state index contributed by atoms with van der Waals surface area (Å²) in [4.78, 5) is 10.5. The lowest BCUT2D eigenvalue weighted by atomic mass is 10.1. The number of hydrogen-bond acceptors (Lipinski definition) is 2. The van der Waals surface area contributed by atoms with Crippen LogP contribution in [-0.4, -0.2) is 11.1 Å². The van der Waals surface area contributed by atoms with Crippen LogP contribution in [0.15, 0.2) is 16.6 Å². The molecule has 0 amide bonds. The van der Waals surface area contributed by atoms with Crippen molar-refractivity contribution >= 4 is 33.5 Å². The Morgan fingerprint density at radius 1 is 1.64 bits per heavy atom. The van der Waals surface area contributed by atoms with Crippen LogP contribution in [0.5, 0.6) is 0 Å². The lowest BCUT2D eigenvalue weighted by molar-refractivity contribution is -0.138. The minimum absolute atomic E-state index is 0.134. The molecule has 14 heavy (non-hydrogen) atoms. The molecule has 1 rings (SSSR count). The van der Waals surface area contributed by atoms with E-state index in [0.29, 0.717) is 4.47 Å². The van der Waals surface area contributed by atoms with Gasteiger partial charge < -0.3 is 10.8 Å². The number of aliphatic carboxylic acids is 1. The molecule has 0 aromatic heterocycles. The molecule has 3 nitrogen and oxygen atoms in total. The van der Waals surface area contributed by atoms with E-state index in [9.17, 15) is 9.18 Å². The van der Waals surface area contributed by atoms with E-state index in [-0.39, 0.29) is 10.6 Å². The normalized spacial score (nSPS) is 12.6. The highest BCUT2D eigenvalue weighted by Crippen LogP contribution is 2.28. The molecule has 0 radical (unpaired) electrons. The van der Waals surface area contributed by atoms with Gasteiger partial charge in [-0.25, -0.2) is 4.39 Å². The number of halogens is 3. The SMILES string of the molecule is NC(C(=O)O)c1cc(Cl)c(Br)cc1F. The fraction of sp³-hybridized carbons (Fsp3) is 0.125. The summed E-state index contributed by atoms with van der Waals surface area (Å²) < 4.78 is 13.6. The molecule has 1 aromatic carbocycles. The Morgan fingerprint density at radius 2 is 2.21 bits per heavy atom. The summed E-state index contributed by atoms with van der Waals surface area (Å²) in [7, 11) is 0. The Bertz CT molecular complexity index is 386. The van der Waals surface area contributed by atoms with Gasteiger partial charge in [-0.1, -0.05) is 11.6 Å². The summed E-state index contributed by atoms with van der Waals surface area (Å²) in [5, 5.41) is 8.79. The number of benzene rings is 1. The zero-order valence-electron chi connectivity index (χ0n) is 6.80. The molecule has 0 saturated carbocycles. The van der Waals surface area contributed by atoms with E-state index in [0.717, 1.165) is 6.07 Å². The summed E-state index contributed by atoms with van der Waals surface area (Å²) in [6.45, 7) is 0. The van der Waals surface area contributed by atoms with Crippen molar-refractivity contribution in [2.45, 2.75) is 6.04 Å². The fourth-order valence-electron chi connectivity index (χ4n) is 0.909. The molecule has 76 valence electrons. The maximum atomic E-state index is 13.2. The molecule has 1 atom stereocenters. The third-order valence-corrected chi connectivity index (χ3v) is 2.84. The van der Waals surface area contributed by atoms with Gasteiger partial charge >= 0.3 is 5.97 Å². The van der Waals surface area contributed by atoms with Gasteiger partial charge in [-0.05, 0) is 28.1 Å². The van der Waals surface area contributed by atoms with E-state index in [1.54, 1.807) is 0 Å². The molecule has 1 aromatic rings. The van der Waals surface area contributed by atoms with Crippen LogP contribution in [0.4, 0.5) is 4.39 Å². The third kappa shape index (κ3) is 2.23. The van der Waals surface area contributed by atoms with Crippen molar-refractivity contribution in [1.29, 1.82) is 0 Å². The van der Waals surface area contributed by atoms with Gasteiger partial charge in [-0.3, -0.25) is 4.79 Å². The monoisotopic (exact) mass is 281 g/mol. The number of hydrogen-bond donors (Lipinski definition) is 2. The molecule has 3 N–H and O–H groups in total. The summed E-state index contributed by atoms with van der Waals surface area (Å²) in [6.07, 6.45) is 0. The van der Waals surface area contributed by atoms with Gasteiger partial charge in [0.25, 0.3) is 0 Å². The van der Waals surface area contributed by atoms with Crippen molar-refractivity contribution in [3.63, 3.8) is 0 Å². The van der Waals surface area contributed by atoms with E-state index < -0.39 is 17.8 Å². The van der Waals surface area contributed by atoms with Crippen LogP contribution in [0.3, 0.4) is 0 Å². The highest BCUT2D eigenvalue weighted by Gasteiger charge is 2.19. The maximum absolute atomic E-state index is 13.2. The van der Waals surface area contributed by atoms with Crippen LogP contribution in [0.25, 0.3) is 0 Å². The van der Waals surface area contributed by atoms with E-state index >= 15 is 0 Å². The van der Waals surface area contributed by atoms with Crippen LogP contribution < -0.4 is 5.73 Å². The Hall–Kier alpha value is -0.650. The molecular formula is C8H6BrClFNO2. The molecule has 0 heterocycles. The number of carboxylic acid groups (broad SMARTS) is 1. The van der Waals surface area contributed by atoms with E-state index in [1.165, 1.54) is 6.07 Å². The fourth-order valence-corrected chi connectivity index (χ4v) is 1.40. The van der Waals surface area contributed by atoms with Crippen LogP contribution >= 0.6 is 27.5 Å². The molecule has 0 aliphatic carbocycles. The maximum Gasteiger partial charge on any atom is 0.325 e. The molecule has 1 unspecified atom stereocenters. The molecular weight excluding hydrogens is 276 g/mol. The molecule has 6 heteroatoms. The minimum atomic E-state index is -1.40. The summed E-state index contributed by atoms with van der Waals surface area (Å²) in [6, 6.07) is 0.876. The smallest absolute Gasteiger partial charge is 0.325 e. The molecule has 0 aliphatic rings. The lowest BCUT2D eigenvalue weighted by Gasteiger charge is -2.09. The highest BCUT2D eigenvalue weighted by atomic mass is 79.9. The Balaban J connectivity index is 3.22. The minimum Gasteiger partial charge on any atom is -0.480 e. The van der Waals surface area contributed by atoms with Gasteiger partial charge in [0, 0.05) is 10.0 Å². The first-order valence-electron chi connectivity index (χ1n) is 3.56. The lowest BCUT2D eigenvalue weighted by Crippen LogP contribution is -2.21. The Labute approximate surface area is 92.8 Å². The predicted octanol–water partition coefficient (Wildman–Crippen LogP) is 2.33. The first-order chi connectivity index (χ1) is 6.43. The second-order valence-electron chi connectivity index (χ2n) is 2.60. The predicted molar refractivity (Wildman–Crippen MR) is 53.7 cm³/mol. The van der Waals surface area contributed by atoms with Gasteiger partial charge in [-0.2, -0.15) is 0 Å². The first kappa shape index (κ1) is 11.4. The largest absolute Gasteiger partial charge is 0.480 e.